The maximum absolute atomic E-state index is 5.83. The molecule has 3 rings (SSSR count). The van der Waals surface area contributed by atoms with Gasteiger partial charge in [0, 0.05) is 17.5 Å². The summed E-state index contributed by atoms with van der Waals surface area (Å²) in [4.78, 5) is 4.63. The molecular weight excluding hydrogens is 441 g/mol. The van der Waals surface area contributed by atoms with Gasteiger partial charge in [0.1, 0.15) is 17.1 Å². The predicted molar refractivity (Wildman–Crippen MR) is 116 cm³/mol. The van der Waals surface area contributed by atoms with Crippen molar-refractivity contribution in [2.45, 2.75) is 20.0 Å². The van der Waals surface area contributed by atoms with E-state index in [1.165, 1.54) is 0 Å². The molecule has 5 nitrogen and oxygen atoms in total. The van der Waals surface area contributed by atoms with Gasteiger partial charge >= 0.3 is 0 Å². The van der Waals surface area contributed by atoms with Gasteiger partial charge in [0.2, 0.25) is 0 Å². The molecule has 0 saturated heterocycles. The third-order valence-electron chi connectivity index (χ3n) is 3.85. The van der Waals surface area contributed by atoms with Crippen LogP contribution in [0.5, 0.6) is 5.75 Å². The number of aliphatic imine (C=N–C) groups is 1. The van der Waals surface area contributed by atoms with Crippen molar-refractivity contribution < 1.29 is 9.15 Å². The number of fused-ring (bicyclic) bond motifs is 1. The van der Waals surface area contributed by atoms with E-state index in [4.69, 9.17) is 9.15 Å². The van der Waals surface area contributed by atoms with Crippen LogP contribution < -0.4 is 15.4 Å². The molecular formula is C20H24IN3O2. The number of nitrogens with zero attached hydrogens (tertiary/aromatic N) is 1. The highest BCUT2D eigenvalue weighted by Crippen LogP contribution is 2.19. The SMILES string of the molecule is CCNC(=NCc1ccccc1OC)NCc1cc2ccccc2o1.I. The van der Waals surface area contributed by atoms with E-state index in [1.807, 2.05) is 61.5 Å². The van der Waals surface area contributed by atoms with Crippen molar-refractivity contribution in [3.63, 3.8) is 0 Å². The molecule has 1 aromatic heterocycles. The van der Waals surface area contributed by atoms with Crippen LogP contribution in [0, 0.1) is 0 Å². The lowest BCUT2D eigenvalue weighted by Gasteiger charge is -2.11. The average molecular weight is 465 g/mol. The first kappa shape index (κ1) is 20.1. The largest absolute Gasteiger partial charge is 0.496 e. The quantitative estimate of drug-likeness (QED) is 0.324. The fourth-order valence-corrected chi connectivity index (χ4v) is 2.63. The van der Waals surface area contributed by atoms with E-state index in [0.29, 0.717) is 13.1 Å². The molecule has 0 atom stereocenters. The van der Waals surface area contributed by atoms with Crippen molar-refractivity contribution in [3.8, 4) is 5.75 Å². The number of ether oxygens (including phenoxy) is 1. The molecule has 1 heterocycles. The molecule has 26 heavy (non-hydrogen) atoms. The summed E-state index contributed by atoms with van der Waals surface area (Å²) in [6, 6.07) is 18.0. The molecule has 138 valence electrons. The van der Waals surface area contributed by atoms with Crippen LogP contribution in [-0.2, 0) is 13.1 Å². The van der Waals surface area contributed by atoms with E-state index in [-0.39, 0.29) is 24.0 Å². The van der Waals surface area contributed by atoms with E-state index < -0.39 is 0 Å². The Morgan fingerprint density at radius 2 is 1.85 bits per heavy atom. The fourth-order valence-electron chi connectivity index (χ4n) is 2.63. The molecule has 0 aliphatic heterocycles. The van der Waals surface area contributed by atoms with Crippen LogP contribution in [-0.4, -0.2) is 19.6 Å². The van der Waals surface area contributed by atoms with Crippen LogP contribution in [0.1, 0.15) is 18.2 Å². The van der Waals surface area contributed by atoms with Crippen molar-refractivity contribution in [2.24, 2.45) is 4.99 Å². The molecule has 0 bridgehead atoms. The van der Waals surface area contributed by atoms with Crippen LogP contribution in [0.3, 0.4) is 0 Å². The van der Waals surface area contributed by atoms with Crippen LogP contribution in [0.2, 0.25) is 0 Å². The number of guanidine groups is 1. The van der Waals surface area contributed by atoms with Gasteiger partial charge in [0.05, 0.1) is 20.2 Å². The standard InChI is InChI=1S/C20H23N3O2.HI/c1-3-21-20(22-13-16-9-5-6-10-18(16)24-2)23-14-17-12-15-8-4-7-11-19(15)25-17;/h4-12H,3,13-14H2,1-2H3,(H2,21,22,23);1H. The minimum absolute atomic E-state index is 0. The first-order chi connectivity index (χ1) is 12.3. The van der Waals surface area contributed by atoms with Gasteiger partial charge in [0.25, 0.3) is 0 Å². The smallest absolute Gasteiger partial charge is 0.191 e. The monoisotopic (exact) mass is 465 g/mol. The van der Waals surface area contributed by atoms with E-state index >= 15 is 0 Å². The lowest BCUT2D eigenvalue weighted by Crippen LogP contribution is -2.36. The number of rotatable bonds is 6. The van der Waals surface area contributed by atoms with Crippen LogP contribution in [0.4, 0.5) is 0 Å². The van der Waals surface area contributed by atoms with Crippen molar-refractivity contribution >= 4 is 40.9 Å². The van der Waals surface area contributed by atoms with Crippen molar-refractivity contribution in [2.75, 3.05) is 13.7 Å². The maximum Gasteiger partial charge on any atom is 0.191 e. The summed E-state index contributed by atoms with van der Waals surface area (Å²) in [6.45, 7) is 3.95. The molecule has 2 aromatic carbocycles. The van der Waals surface area contributed by atoms with Crippen molar-refractivity contribution in [1.82, 2.24) is 10.6 Å². The second kappa shape index (κ2) is 10.1. The van der Waals surface area contributed by atoms with E-state index in [2.05, 4.69) is 15.6 Å². The number of hydrogen-bond acceptors (Lipinski definition) is 3. The van der Waals surface area contributed by atoms with Gasteiger partial charge in [-0.3, -0.25) is 0 Å². The molecule has 0 radical (unpaired) electrons. The second-order valence-corrected chi connectivity index (χ2v) is 5.61. The summed E-state index contributed by atoms with van der Waals surface area (Å²) in [5, 5.41) is 7.67. The molecule has 0 amide bonds. The summed E-state index contributed by atoms with van der Waals surface area (Å²) in [7, 11) is 1.67. The molecule has 3 aromatic rings. The van der Waals surface area contributed by atoms with Crippen molar-refractivity contribution in [1.29, 1.82) is 0 Å². The zero-order valence-electron chi connectivity index (χ0n) is 15.0. The highest BCUT2D eigenvalue weighted by Gasteiger charge is 2.05. The summed E-state index contributed by atoms with van der Waals surface area (Å²) in [5.41, 5.74) is 1.95. The Hall–Kier alpha value is -2.22. The van der Waals surface area contributed by atoms with Gasteiger partial charge in [-0.1, -0.05) is 36.4 Å². The summed E-state index contributed by atoms with van der Waals surface area (Å²) in [6.07, 6.45) is 0. The Morgan fingerprint density at radius 3 is 2.62 bits per heavy atom. The lowest BCUT2D eigenvalue weighted by molar-refractivity contribution is 0.410. The van der Waals surface area contributed by atoms with Gasteiger partial charge < -0.3 is 19.8 Å². The highest BCUT2D eigenvalue weighted by atomic mass is 127. The Morgan fingerprint density at radius 1 is 1.08 bits per heavy atom. The molecule has 0 aliphatic carbocycles. The minimum Gasteiger partial charge on any atom is -0.496 e. The molecule has 6 heteroatoms. The average Bonchev–Trinajstić information content (AvgIpc) is 3.07. The topological polar surface area (TPSA) is 58.8 Å². The first-order valence-electron chi connectivity index (χ1n) is 8.41. The Labute approximate surface area is 170 Å². The predicted octanol–water partition coefficient (Wildman–Crippen LogP) is 4.31. The van der Waals surface area contributed by atoms with Crippen molar-refractivity contribution in [3.05, 3.63) is 65.9 Å². The van der Waals surface area contributed by atoms with Crippen LogP contribution >= 0.6 is 24.0 Å². The Kier molecular flexibility index (Phi) is 7.77. The third kappa shape index (κ3) is 5.14. The molecule has 0 fully saturated rings. The molecule has 0 aliphatic rings. The number of halogens is 1. The zero-order valence-corrected chi connectivity index (χ0v) is 17.3. The van der Waals surface area contributed by atoms with E-state index in [1.54, 1.807) is 7.11 Å². The van der Waals surface area contributed by atoms with Crippen LogP contribution in [0.25, 0.3) is 11.0 Å². The van der Waals surface area contributed by atoms with Gasteiger partial charge in [-0.25, -0.2) is 4.99 Å². The molecule has 0 spiro atoms. The number of para-hydroxylation sites is 2. The molecule has 0 unspecified atom stereocenters. The van der Waals surface area contributed by atoms with E-state index in [0.717, 1.165) is 40.5 Å². The number of nitrogens with one attached hydrogen (secondary N) is 2. The lowest BCUT2D eigenvalue weighted by atomic mass is 10.2. The highest BCUT2D eigenvalue weighted by molar-refractivity contribution is 14.0. The fraction of sp³-hybridized carbons (Fsp3) is 0.250. The number of benzene rings is 2. The maximum atomic E-state index is 5.83. The second-order valence-electron chi connectivity index (χ2n) is 5.61. The summed E-state index contributed by atoms with van der Waals surface area (Å²) >= 11 is 0. The minimum atomic E-state index is 0. The number of hydrogen-bond donors (Lipinski definition) is 2. The number of methoxy groups -OCH3 is 1. The van der Waals surface area contributed by atoms with Crippen LogP contribution in [0.15, 0.2) is 64.0 Å². The first-order valence-corrected chi connectivity index (χ1v) is 8.41. The van der Waals surface area contributed by atoms with Gasteiger partial charge in [0.15, 0.2) is 5.96 Å². The van der Waals surface area contributed by atoms with Gasteiger partial charge in [-0.15, -0.1) is 24.0 Å². The summed E-state index contributed by atoms with van der Waals surface area (Å²) in [5.74, 6) is 2.47. The van der Waals surface area contributed by atoms with Gasteiger partial charge in [-0.05, 0) is 25.1 Å². The summed E-state index contributed by atoms with van der Waals surface area (Å²) < 4.78 is 11.2. The normalized spacial score (nSPS) is 11.1. The molecule has 0 saturated carbocycles. The Balaban J connectivity index is 0.00000243. The van der Waals surface area contributed by atoms with Gasteiger partial charge in [-0.2, -0.15) is 0 Å². The zero-order chi connectivity index (χ0) is 17.5. The molecule has 2 N–H and O–H groups in total. The number of furan rings is 1. The Bertz CT molecular complexity index is 828. The van der Waals surface area contributed by atoms with E-state index in [9.17, 15) is 0 Å². The third-order valence-corrected chi connectivity index (χ3v) is 3.85.